The number of piperidine rings is 1. The number of hydrogen-bond donors (Lipinski definition) is 6. The van der Waals surface area contributed by atoms with Crippen molar-refractivity contribution >= 4 is 81.6 Å². The second-order valence-corrected chi connectivity index (χ2v) is 22.0. The topological polar surface area (TPSA) is 264 Å². The van der Waals surface area contributed by atoms with Gasteiger partial charge in [-0.15, -0.1) is 0 Å². The Hall–Kier alpha value is -6.40. The summed E-state index contributed by atoms with van der Waals surface area (Å²) < 4.78 is 50.1. The molecule has 5 aliphatic rings. The smallest absolute Gasteiger partial charge is 0.264 e. The molecule has 7 amide bonds. The quantitative estimate of drug-likeness (QED) is 0.0189. The standard InChI is InChI=1S/C60H70Cl2FN7O13/c61-39-13-17-43-45(36-39)67-58(77)60(43)49(42-8-7-9-44(62)50(42)63)52(69-59(60)21-3-1-4-22-59)55(74)66-40-14-10-38(11-15-40)53(72)65-23-27-81-31-35-83-33-29-79-25-6-2-5-24-78-28-32-82-34-30-80-26-20-37-12-16-41-48(51(37)64)57(76)70(56(41)75)46-18-19-47(71)68-54(46)73/h7-17,36,46,49,52,69H,1-6,18-35,64H2,(H,65,72)(H,66,74)(H,67,77)(H,68,71,73)/t46?,49-,52+,60+/m0/s1. The van der Waals surface area contributed by atoms with E-state index in [-0.39, 0.29) is 65.2 Å². The zero-order valence-electron chi connectivity index (χ0n) is 46.1. The number of fused-ring (bicyclic) bond motifs is 4. The number of nitrogens with zero attached hydrogens (tertiary/aromatic N) is 1. The summed E-state index contributed by atoms with van der Waals surface area (Å²) in [6, 6.07) is 17.5. The molecule has 7 N–H and O–H groups in total. The van der Waals surface area contributed by atoms with E-state index in [1.807, 2.05) is 6.07 Å². The van der Waals surface area contributed by atoms with Crippen LogP contribution in [0.3, 0.4) is 0 Å². The summed E-state index contributed by atoms with van der Waals surface area (Å²) in [5.74, 6) is -5.13. The van der Waals surface area contributed by atoms with Gasteiger partial charge < -0.3 is 50.1 Å². The molecule has 1 aliphatic carbocycles. The van der Waals surface area contributed by atoms with Crippen molar-refractivity contribution in [2.24, 2.45) is 0 Å². The number of anilines is 3. The van der Waals surface area contributed by atoms with E-state index >= 15 is 4.39 Å². The first-order chi connectivity index (χ1) is 40.3. The van der Waals surface area contributed by atoms with Crippen LogP contribution in [-0.2, 0) is 59.4 Å². The van der Waals surface area contributed by atoms with Crippen molar-refractivity contribution in [2.45, 2.75) is 99.6 Å². The normalized spacial score (nSPS) is 20.7. The summed E-state index contributed by atoms with van der Waals surface area (Å²) in [4.78, 5) is 93.1. The molecular formula is C60H70Cl2FN7O13. The lowest BCUT2D eigenvalue weighted by Crippen LogP contribution is -2.60. The van der Waals surface area contributed by atoms with E-state index in [1.165, 1.54) is 12.1 Å². The first-order valence-electron chi connectivity index (χ1n) is 28.4. The molecule has 4 aromatic carbocycles. The van der Waals surface area contributed by atoms with Crippen LogP contribution in [-0.4, -0.2) is 150 Å². The summed E-state index contributed by atoms with van der Waals surface area (Å²) in [7, 11) is 0. The Morgan fingerprint density at radius 3 is 2.05 bits per heavy atom. The number of imide groups is 2. The van der Waals surface area contributed by atoms with Gasteiger partial charge in [0.05, 0.1) is 88.3 Å². The van der Waals surface area contributed by atoms with Crippen molar-refractivity contribution in [3.05, 3.63) is 122 Å². The Morgan fingerprint density at radius 1 is 0.723 bits per heavy atom. The number of hydrogen-bond acceptors (Lipinski definition) is 15. The lowest BCUT2D eigenvalue weighted by molar-refractivity contribution is -0.136. The highest BCUT2D eigenvalue weighted by atomic mass is 35.5. The van der Waals surface area contributed by atoms with Gasteiger partial charge >= 0.3 is 0 Å². The van der Waals surface area contributed by atoms with Gasteiger partial charge in [0, 0.05) is 65.3 Å². The number of rotatable bonds is 29. The van der Waals surface area contributed by atoms with E-state index < -0.39 is 64.3 Å². The van der Waals surface area contributed by atoms with Crippen LogP contribution in [0.5, 0.6) is 0 Å². The molecule has 0 bridgehead atoms. The highest BCUT2D eigenvalue weighted by molar-refractivity contribution is 6.31. The van der Waals surface area contributed by atoms with Gasteiger partial charge in [0.15, 0.2) is 0 Å². The third-order valence-electron chi connectivity index (χ3n) is 16.1. The van der Waals surface area contributed by atoms with Gasteiger partial charge in [0.1, 0.15) is 17.3 Å². The molecule has 4 aliphatic heterocycles. The van der Waals surface area contributed by atoms with Crippen LogP contribution in [0.25, 0.3) is 0 Å². The lowest BCUT2D eigenvalue weighted by Gasteiger charge is -2.47. The maximum absolute atomic E-state index is 16.3. The van der Waals surface area contributed by atoms with Crippen LogP contribution in [0, 0.1) is 5.82 Å². The number of amides is 7. The summed E-state index contributed by atoms with van der Waals surface area (Å²) in [6.07, 6.45) is 7.02. The SMILES string of the molecule is Nc1c(CCOCCOCCOCCCCCOCCOCCOCCNC(=O)c2ccc(NC(=O)[C@@H]3NC4(CCCCC4)[C@@]4(C(=O)Nc5cc(Cl)ccc54)[C@H]3c3cccc(Cl)c3F)cc2)ccc2c1C(=O)N(C1CCC(=O)NC1=O)C2=O. The summed E-state index contributed by atoms with van der Waals surface area (Å²) in [6.45, 7) is 5.29. The fraction of sp³-hybridized carbons (Fsp3) is 0.483. The molecule has 83 heavy (non-hydrogen) atoms. The van der Waals surface area contributed by atoms with E-state index in [0.717, 1.165) is 43.4 Å². The van der Waals surface area contributed by atoms with Gasteiger partial charge in [-0.05, 0) is 110 Å². The highest BCUT2D eigenvalue weighted by Gasteiger charge is 2.72. The van der Waals surface area contributed by atoms with E-state index in [9.17, 15) is 33.6 Å². The zero-order valence-corrected chi connectivity index (χ0v) is 47.6. The molecule has 4 heterocycles. The van der Waals surface area contributed by atoms with Crippen LogP contribution in [0.2, 0.25) is 10.0 Å². The number of halogens is 3. The minimum Gasteiger partial charge on any atom is -0.398 e. The predicted octanol–water partition coefficient (Wildman–Crippen LogP) is 6.65. The highest BCUT2D eigenvalue weighted by Crippen LogP contribution is 2.63. The number of nitrogens with two attached hydrogens (primary N) is 1. The van der Waals surface area contributed by atoms with Crippen molar-refractivity contribution in [1.82, 2.24) is 20.9 Å². The first kappa shape index (κ1) is 61.2. The number of carbonyl (C=O) groups excluding carboxylic acids is 7. The summed E-state index contributed by atoms with van der Waals surface area (Å²) in [5, 5.41) is 15.0. The summed E-state index contributed by atoms with van der Waals surface area (Å²) in [5.41, 5.74) is 7.25. The molecule has 4 aromatic rings. The van der Waals surface area contributed by atoms with E-state index in [0.29, 0.717) is 125 Å². The van der Waals surface area contributed by atoms with Crippen molar-refractivity contribution in [1.29, 1.82) is 0 Å². The number of benzene rings is 4. The Morgan fingerprint density at radius 2 is 1.37 bits per heavy atom. The molecule has 444 valence electrons. The first-order valence-corrected chi connectivity index (χ1v) is 29.1. The molecule has 4 atom stereocenters. The minimum atomic E-state index is -1.36. The van der Waals surface area contributed by atoms with Gasteiger partial charge in [-0.2, -0.15) is 0 Å². The number of ether oxygens (including phenoxy) is 6. The molecule has 0 radical (unpaired) electrons. The predicted molar refractivity (Wildman–Crippen MR) is 306 cm³/mol. The average Bonchev–Trinajstić information content (AvgIpc) is 1.55. The van der Waals surface area contributed by atoms with Crippen molar-refractivity contribution < 1.29 is 66.4 Å². The molecule has 20 nitrogen and oxygen atoms in total. The molecule has 0 aromatic heterocycles. The van der Waals surface area contributed by atoms with Crippen LogP contribution in [0.4, 0.5) is 21.5 Å². The Balaban J connectivity index is 0.581. The molecule has 23 heteroatoms. The monoisotopic (exact) mass is 1190 g/mol. The van der Waals surface area contributed by atoms with E-state index in [2.05, 4.69) is 26.6 Å². The van der Waals surface area contributed by atoms with Crippen molar-refractivity contribution in [2.75, 3.05) is 102 Å². The number of carbonyl (C=O) groups is 7. The minimum absolute atomic E-state index is 0.0355. The number of nitrogen functional groups attached to an aromatic ring is 1. The van der Waals surface area contributed by atoms with Crippen molar-refractivity contribution in [3.8, 4) is 0 Å². The van der Waals surface area contributed by atoms with Crippen LogP contribution in [0.15, 0.2) is 72.8 Å². The zero-order chi connectivity index (χ0) is 58.5. The van der Waals surface area contributed by atoms with Crippen molar-refractivity contribution in [3.63, 3.8) is 0 Å². The van der Waals surface area contributed by atoms with Crippen LogP contribution in [0.1, 0.15) is 118 Å². The molecule has 1 saturated carbocycles. The Labute approximate surface area is 490 Å². The third-order valence-corrected chi connectivity index (χ3v) is 16.6. The van der Waals surface area contributed by atoms with E-state index in [1.54, 1.807) is 54.6 Å². The largest absolute Gasteiger partial charge is 0.398 e. The summed E-state index contributed by atoms with van der Waals surface area (Å²) >= 11 is 12.8. The molecule has 1 unspecified atom stereocenters. The second-order valence-electron chi connectivity index (χ2n) is 21.2. The van der Waals surface area contributed by atoms with Gasteiger partial charge in [-0.3, -0.25) is 49.1 Å². The molecule has 3 fully saturated rings. The lowest BCUT2D eigenvalue weighted by atomic mass is 9.55. The van der Waals surface area contributed by atoms with Gasteiger partial charge in [-0.1, -0.05) is 66.7 Å². The van der Waals surface area contributed by atoms with Gasteiger partial charge in [0.2, 0.25) is 23.6 Å². The molecule has 9 rings (SSSR count). The van der Waals surface area contributed by atoms with Crippen LogP contribution >= 0.6 is 23.2 Å². The van der Waals surface area contributed by atoms with Gasteiger partial charge in [-0.25, -0.2) is 4.39 Å². The van der Waals surface area contributed by atoms with Crippen LogP contribution < -0.4 is 32.3 Å². The van der Waals surface area contributed by atoms with Gasteiger partial charge in [0.25, 0.3) is 17.7 Å². The maximum Gasteiger partial charge on any atom is 0.264 e. The second kappa shape index (κ2) is 28.5. The maximum atomic E-state index is 16.3. The molecular weight excluding hydrogens is 1120 g/mol. The Kier molecular flexibility index (Phi) is 21.0. The fourth-order valence-electron chi connectivity index (χ4n) is 12.2. The molecule has 2 saturated heterocycles. The Bertz CT molecular complexity index is 3040. The average molecular weight is 1190 g/mol. The number of nitrogens with one attached hydrogen (secondary N) is 5. The van der Waals surface area contributed by atoms with E-state index in [4.69, 9.17) is 57.4 Å². The number of unbranched alkanes of at least 4 members (excludes halogenated alkanes) is 2. The fourth-order valence-corrected chi connectivity index (χ4v) is 12.5. The molecule has 2 spiro atoms. The third kappa shape index (κ3) is 13.6.